The number of nitrogens with one attached hydrogen (secondary N) is 1. The average molecular weight is 344 g/mol. The van der Waals surface area contributed by atoms with E-state index in [2.05, 4.69) is 15.4 Å². The highest BCUT2D eigenvalue weighted by molar-refractivity contribution is 7.90. The predicted octanol–water partition coefficient (Wildman–Crippen LogP) is 2.00. The number of rotatable bonds is 3. The third kappa shape index (κ3) is 3.00. The van der Waals surface area contributed by atoms with Crippen LogP contribution in [0.3, 0.4) is 0 Å². The first-order chi connectivity index (χ1) is 11.3. The molecule has 0 fully saturated rings. The number of amides is 1. The van der Waals surface area contributed by atoms with E-state index < -0.39 is 15.7 Å². The maximum Gasteiger partial charge on any atom is 0.261 e. The standard InChI is InChI=1S/C16H16N4O3S/c1-10-4-5-12(8-14(10)24(3,22)23)19-16(21)13-9-17-20-7-6-11(2)18-15(13)20/h4-9H,1-3H3,(H,19,21). The molecule has 1 N–H and O–H groups in total. The summed E-state index contributed by atoms with van der Waals surface area (Å²) in [7, 11) is -3.37. The van der Waals surface area contributed by atoms with Gasteiger partial charge in [0.05, 0.1) is 11.1 Å². The molecule has 24 heavy (non-hydrogen) atoms. The van der Waals surface area contributed by atoms with Crippen molar-refractivity contribution >= 4 is 27.1 Å². The third-order valence-electron chi connectivity index (χ3n) is 3.60. The molecule has 124 valence electrons. The van der Waals surface area contributed by atoms with Gasteiger partial charge in [-0.15, -0.1) is 0 Å². The summed E-state index contributed by atoms with van der Waals surface area (Å²) in [5, 5.41) is 6.79. The second-order valence-corrected chi connectivity index (χ2v) is 7.59. The maximum atomic E-state index is 12.5. The molecule has 0 radical (unpaired) electrons. The Morgan fingerprint density at radius 3 is 2.67 bits per heavy atom. The van der Waals surface area contributed by atoms with Gasteiger partial charge < -0.3 is 5.32 Å². The number of anilines is 1. The van der Waals surface area contributed by atoms with Gasteiger partial charge in [0, 0.05) is 23.8 Å². The van der Waals surface area contributed by atoms with E-state index in [9.17, 15) is 13.2 Å². The molecular formula is C16H16N4O3S. The van der Waals surface area contributed by atoms with Crippen LogP contribution in [0.4, 0.5) is 5.69 Å². The number of sulfone groups is 1. The zero-order chi connectivity index (χ0) is 17.5. The molecule has 0 aliphatic rings. The molecule has 3 aromatic rings. The highest BCUT2D eigenvalue weighted by atomic mass is 32.2. The highest BCUT2D eigenvalue weighted by Crippen LogP contribution is 2.21. The Morgan fingerprint density at radius 1 is 1.21 bits per heavy atom. The lowest BCUT2D eigenvalue weighted by Gasteiger charge is -2.08. The Balaban J connectivity index is 1.96. The number of aromatic nitrogens is 3. The molecule has 0 aliphatic carbocycles. The van der Waals surface area contributed by atoms with Gasteiger partial charge in [-0.2, -0.15) is 5.10 Å². The van der Waals surface area contributed by atoms with Gasteiger partial charge in [-0.25, -0.2) is 17.9 Å². The Hall–Kier alpha value is -2.74. The molecule has 0 bridgehead atoms. The van der Waals surface area contributed by atoms with Crippen LogP contribution in [-0.2, 0) is 9.84 Å². The smallest absolute Gasteiger partial charge is 0.261 e. The molecule has 3 rings (SSSR count). The SMILES string of the molecule is Cc1ccn2ncc(C(=O)Nc3ccc(C)c(S(C)(=O)=O)c3)c2n1. The average Bonchev–Trinajstić information content (AvgIpc) is 2.91. The lowest BCUT2D eigenvalue weighted by atomic mass is 10.2. The first-order valence-electron chi connectivity index (χ1n) is 7.19. The van der Waals surface area contributed by atoms with Crippen LogP contribution in [0.2, 0.25) is 0 Å². The van der Waals surface area contributed by atoms with E-state index in [1.165, 1.54) is 16.8 Å². The summed E-state index contributed by atoms with van der Waals surface area (Å²) in [6.07, 6.45) is 4.30. The fourth-order valence-electron chi connectivity index (χ4n) is 2.40. The molecule has 1 aromatic carbocycles. The summed E-state index contributed by atoms with van der Waals surface area (Å²) >= 11 is 0. The molecule has 0 saturated heterocycles. The summed E-state index contributed by atoms with van der Waals surface area (Å²) in [6.45, 7) is 3.53. The van der Waals surface area contributed by atoms with Crippen LogP contribution in [0, 0.1) is 13.8 Å². The van der Waals surface area contributed by atoms with Gasteiger partial charge >= 0.3 is 0 Å². The number of nitrogens with zero attached hydrogens (tertiary/aromatic N) is 3. The summed E-state index contributed by atoms with van der Waals surface area (Å²) < 4.78 is 25.1. The Morgan fingerprint density at radius 2 is 1.96 bits per heavy atom. The monoisotopic (exact) mass is 344 g/mol. The second-order valence-electron chi connectivity index (χ2n) is 5.60. The van der Waals surface area contributed by atoms with Crippen molar-refractivity contribution in [3.63, 3.8) is 0 Å². The Labute approximate surface area is 139 Å². The fraction of sp³-hybridized carbons (Fsp3) is 0.188. The molecule has 8 heteroatoms. The minimum absolute atomic E-state index is 0.189. The van der Waals surface area contributed by atoms with Crippen LogP contribution in [0.1, 0.15) is 21.6 Å². The number of fused-ring (bicyclic) bond motifs is 1. The maximum absolute atomic E-state index is 12.5. The molecule has 0 aliphatic heterocycles. The summed E-state index contributed by atoms with van der Waals surface area (Å²) in [4.78, 5) is 17.0. The molecule has 0 unspecified atom stereocenters. The van der Waals surface area contributed by atoms with Gasteiger partial charge in [-0.3, -0.25) is 4.79 Å². The zero-order valence-corrected chi connectivity index (χ0v) is 14.3. The van der Waals surface area contributed by atoms with Crippen molar-refractivity contribution in [3.05, 3.63) is 53.5 Å². The van der Waals surface area contributed by atoms with Gasteiger partial charge in [0.1, 0.15) is 5.56 Å². The van der Waals surface area contributed by atoms with E-state index in [0.717, 1.165) is 11.9 Å². The van der Waals surface area contributed by atoms with Crippen LogP contribution < -0.4 is 5.32 Å². The largest absolute Gasteiger partial charge is 0.322 e. The molecular weight excluding hydrogens is 328 g/mol. The quantitative estimate of drug-likeness (QED) is 0.784. The molecule has 0 saturated carbocycles. The van der Waals surface area contributed by atoms with Crippen LogP contribution >= 0.6 is 0 Å². The number of hydrogen-bond acceptors (Lipinski definition) is 5. The Bertz CT molecular complexity index is 1050. The van der Waals surface area contributed by atoms with Crippen LogP contribution in [0.5, 0.6) is 0 Å². The van der Waals surface area contributed by atoms with Gasteiger partial charge in [-0.1, -0.05) is 6.07 Å². The van der Waals surface area contributed by atoms with E-state index in [4.69, 9.17) is 0 Å². The van der Waals surface area contributed by atoms with Crippen molar-refractivity contribution in [2.24, 2.45) is 0 Å². The summed E-state index contributed by atoms with van der Waals surface area (Å²) in [6, 6.07) is 6.56. The molecule has 7 nitrogen and oxygen atoms in total. The molecule has 2 aromatic heterocycles. The van der Waals surface area contributed by atoms with Crippen molar-refractivity contribution in [1.82, 2.24) is 14.6 Å². The van der Waals surface area contributed by atoms with Crippen LogP contribution in [-0.4, -0.2) is 35.2 Å². The second kappa shape index (κ2) is 5.72. The minimum atomic E-state index is -3.37. The van der Waals surface area contributed by atoms with Crippen molar-refractivity contribution in [1.29, 1.82) is 0 Å². The number of benzene rings is 1. The summed E-state index contributed by atoms with van der Waals surface area (Å²) in [5.41, 5.74) is 2.57. The van der Waals surface area contributed by atoms with E-state index in [-0.39, 0.29) is 4.90 Å². The van der Waals surface area contributed by atoms with E-state index in [1.807, 2.05) is 6.92 Å². The van der Waals surface area contributed by atoms with Crippen molar-refractivity contribution < 1.29 is 13.2 Å². The molecule has 2 heterocycles. The predicted molar refractivity (Wildman–Crippen MR) is 90.0 cm³/mol. The topological polar surface area (TPSA) is 93.4 Å². The van der Waals surface area contributed by atoms with Gasteiger partial charge in [-0.05, 0) is 37.6 Å². The minimum Gasteiger partial charge on any atom is -0.322 e. The number of aryl methyl sites for hydroxylation is 2. The first-order valence-corrected chi connectivity index (χ1v) is 9.08. The molecule has 0 spiro atoms. The summed E-state index contributed by atoms with van der Waals surface area (Å²) in [5.74, 6) is -0.397. The number of carbonyl (C=O) groups excluding carboxylic acids is 1. The van der Waals surface area contributed by atoms with Gasteiger partial charge in [0.2, 0.25) is 0 Å². The van der Waals surface area contributed by atoms with E-state index >= 15 is 0 Å². The zero-order valence-electron chi connectivity index (χ0n) is 13.4. The Kier molecular flexibility index (Phi) is 3.84. The lowest BCUT2D eigenvalue weighted by Crippen LogP contribution is -2.13. The van der Waals surface area contributed by atoms with Crippen molar-refractivity contribution in [3.8, 4) is 0 Å². The normalized spacial score (nSPS) is 11.6. The highest BCUT2D eigenvalue weighted by Gasteiger charge is 2.16. The van der Waals surface area contributed by atoms with Crippen molar-refractivity contribution in [2.75, 3.05) is 11.6 Å². The van der Waals surface area contributed by atoms with E-state index in [0.29, 0.717) is 22.5 Å². The van der Waals surface area contributed by atoms with Gasteiger partial charge in [0.25, 0.3) is 5.91 Å². The van der Waals surface area contributed by atoms with Crippen molar-refractivity contribution in [2.45, 2.75) is 18.7 Å². The third-order valence-corrected chi connectivity index (χ3v) is 4.84. The van der Waals surface area contributed by atoms with Gasteiger partial charge in [0.15, 0.2) is 15.5 Å². The van der Waals surface area contributed by atoms with Crippen LogP contribution in [0.25, 0.3) is 5.65 Å². The number of hydrogen-bond donors (Lipinski definition) is 1. The number of carbonyl (C=O) groups is 1. The first kappa shape index (κ1) is 16.1. The molecule has 0 atom stereocenters. The van der Waals surface area contributed by atoms with Crippen LogP contribution in [0.15, 0.2) is 41.6 Å². The lowest BCUT2D eigenvalue weighted by molar-refractivity contribution is 0.102. The van der Waals surface area contributed by atoms with E-state index in [1.54, 1.807) is 31.3 Å². The fourth-order valence-corrected chi connectivity index (χ4v) is 3.39. The molecule has 1 amide bonds.